The molecule has 0 saturated carbocycles. The van der Waals surface area contributed by atoms with Crippen molar-refractivity contribution in [2.24, 2.45) is 0 Å². The van der Waals surface area contributed by atoms with E-state index in [-0.39, 0.29) is 17.8 Å². The van der Waals surface area contributed by atoms with Gasteiger partial charge in [0.2, 0.25) is 0 Å². The Morgan fingerprint density at radius 1 is 1.28 bits per heavy atom. The van der Waals surface area contributed by atoms with E-state index < -0.39 is 6.10 Å². The van der Waals surface area contributed by atoms with Gasteiger partial charge < -0.3 is 14.4 Å². The van der Waals surface area contributed by atoms with Crippen molar-refractivity contribution in [2.45, 2.75) is 52.4 Å². The lowest BCUT2D eigenvalue weighted by Crippen LogP contribution is -2.43. The number of carbonyl (C=O) groups is 1. The van der Waals surface area contributed by atoms with Crippen molar-refractivity contribution in [1.82, 2.24) is 4.90 Å². The first-order valence-electron chi connectivity index (χ1n) is 9.91. The largest absolute Gasteiger partial charge is 0.481 e. The number of amides is 1. The van der Waals surface area contributed by atoms with Crippen molar-refractivity contribution in [1.29, 1.82) is 0 Å². The predicted octanol–water partition coefficient (Wildman–Crippen LogP) is 5.07. The molecule has 2 unspecified atom stereocenters. The topological polar surface area (TPSA) is 38.8 Å². The zero-order chi connectivity index (χ0) is 21.0. The van der Waals surface area contributed by atoms with Gasteiger partial charge in [0.05, 0.1) is 6.10 Å². The van der Waals surface area contributed by atoms with E-state index in [1.165, 1.54) is 12.1 Å². The third-order valence-electron chi connectivity index (χ3n) is 5.12. The first-order valence-corrected chi connectivity index (χ1v) is 10.3. The summed E-state index contributed by atoms with van der Waals surface area (Å²) in [5.41, 5.74) is 2.68. The fraction of sp³-hybridized carbons (Fsp3) is 0.435. The van der Waals surface area contributed by atoms with Gasteiger partial charge in [-0.05, 0) is 74.6 Å². The molecular weight excluding hydrogens is 393 g/mol. The Morgan fingerprint density at radius 2 is 1.93 bits per heavy atom. The molecule has 2 atom stereocenters. The number of carbonyl (C=O) groups excluding carboxylic acids is 1. The maximum Gasteiger partial charge on any atom is 0.263 e. The Hall–Kier alpha value is -2.11. The minimum Gasteiger partial charge on any atom is -0.481 e. The molecule has 3 rings (SSSR count). The average Bonchev–Trinajstić information content (AvgIpc) is 3.19. The average molecular weight is 420 g/mol. The second kappa shape index (κ2) is 9.59. The Bertz CT molecular complexity index is 827. The summed E-state index contributed by atoms with van der Waals surface area (Å²) in [5, 5.41) is 0.702. The second-order valence-corrected chi connectivity index (χ2v) is 7.99. The standard InChI is InChI=1S/C23H27ClFNO3/c1-15-11-21(12-16(2)22(15)24)29-17(3)23(27)26(14-20-5-4-10-28-20)13-18-6-8-19(25)9-7-18/h6-9,11-12,17,20H,4-5,10,13-14H2,1-3H3. The number of halogens is 2. The zero-order valence-corrected chi connectivity index (χ0v) is 17.8. The summed E-state index contributed by atoms with van der Waals surface area (Å²) in [6.45, 7) is 7.15. The van der Waals surface area contributed by atoms with Crippen LogP contribution in [0.25, 0.3) is 0 Å². The molecule has 1 heterocycles. The third kappa shape index (κ3) is 5.71. The van der Waals surface area contributed by atoms with Gasteiger partial charge in [-0.2, -0.15) is 0 Å². The fourth-order valence-corrected chi connectivity index (χ4v) is 3.67. The number of hydrogen-bond acceptors (Lipinski definition) is 3. The van der Waals surface area contributed by atoms with Gasteiger partial charge in [-0.15, -0.1) is 0 Å². The summed E-state index contributed by atoms with van der Waals surface area (Å²) in [4.78, 5) is 14.9. The quantitative estimate of drug-likeness (QED) is 0.628. The molecule has 0 bridgehead atoms. The summed E-state index contributed by atoms with van der Waals surface area (Å²) in [6, 6.07) is 9.88. The lowest BCUT2D eigenvalue weighted by atomic mass is 10.1. The van der Waals surface area contributed by atoms with Crippen LogP contribution in [-0.4, -0.2) is 36.2 Å². The van der Waals surface area contributed by atoms with Crippen LogP contribution < -0.4 is 4.74 Å². The molecule has 0 aliphatic carbocycles. The summed E-state index contributed by atoms with van der Waals surface area (Å²) in [5.74, 6) is 0.190. The highest BCUT2D eigenvalue weighted by atomic mass is 35.5. The van der Waals surface area contributed by atoms with Gasteiger partial charge in [0, 0.05) is 24.7 Å². The number of ether oxygens (including phenoxy) is 2. The van der Waals surface area contributed by atoms with Crippen molar-refractivity contribution in [3.8, 4) is 5.75 Å². The van der Waals surface area contributed by atoms with Crippen molar-refractivity contribution < 1.29 is 18.7 Å². The second-order valence-electron chi connectivity index (χ2n) is 7.61. The Labute approximate surface area is 176 Å². The molecule has 1 saturated heterocycles. The first-order chi connectivity index (χ1) is 13.8. The number of rotatable bonds is 7. The smallest absolute Gasteiger partial charge is 0.263 e. The molecule has 1 aliphatic rings. The third-order valence-corrected chi connectivity index (χ3v) is 5.71. The van der Waals surface area contributed by atoms with Crippen molar-refractivity contribution >= 4 is 17.5 Å². The van der Waals surface area contributed by atoms with Crippen LogP contribution >= 0.6 is 11.6 Å². The van der Waals surface area contributed by atoms with Gasteiger partial charge in [0.1, 0.15) is 11.6 Å². The van der Waals surface area contributed by atoms with Crippen molar-refractivity contribution in [2.75, 3.05) is 13.2 Å². The van der Waals surface area contributed by atoms with Gasteiger partial charge >= 0.3 is 0 Å². The zero-order valence-electron chi connectivity index (χ0n) is 17.1. The number of hydrogen-bond donors (Lipinski definition) is 0. The number of nitrogens with zero attached hydrogens (tertiary/aromatic N) is 1. The lowest BCUT2D eigenvalue weighted by molar-refractivity contribution is -0.140. The molecule has 29 heavy (non-hydrogen) atoms. The molecule has 1 amide bonds. The maximum absolute atomic E-state index is 13.2. The summed E-state index contributed by atoms with van der Waals surface area (Å²) in [6.07, 6.45) is 1.28. The Balaban J connectivity index is 1.74. The lowest BCUT2D eigenvalue weighted by Gasteiger charge is -2.28. The normalized spacial score (nSPS) is 17.2. The van der Waals surface area contributed by atoms with E-state index in [9.17, 15) is 9.18 Å². The Kier molecular flexibility index (Phi) is 7.14. The molecule has 156 valence electrons. The van der Waals surface area contributed by atoms with Gasteiger partial charge in [0.25, 0.3) is 5.91 Å². The van der Waals surface area contributed by atoms with Gasteiger partial charge in [0.15, 0.2) is 6.10 Å². The molecule has 0 N–H and O–H groups in total. The van der Waals surface area contributed by atoms with Gasteiger partial charge in [-0.3, -0.25) is 4.79 Å². The molecule has 1 fully saturated rings. The summed E-state index contributed by atoms with van der Waals surface area (Å²) in [7, 11) is 0. The fourth-order valence-electron chi connectivity index (χ4n) is 3.56. The highest BCUT2D eigenvalue weighted by Crippen LogP contribution is 2.27. The first kappa shape index (κ1) is 21.6. The van der Waals surface area contributed by atoms with Gasteiger partial charge in [-0.25, -0.2) is 4.39 Å². The van der Waals surface area contributed by atoms with Crippen LogP contribution in [0, 0.1) is 19.7 Å². The summed E-state index contributed by atoms with van der Waals surface area (Å²) >= 11 is 6.22. The van der Waals surface area contributed by atoms with Crippen molar-refractivity contribution in [3.63, 3.8) is 0 Å². The van der Waals surface area contributed by atoms with Crippen LogP contribution in [0.2, 0.25) is 5.02 Å². The molecule has 6 heteroatoms. The molecule has 0 radical (unpaired) electrons. The van der Waals surface area contributed by atoms with Crippen LogP contribution in [0.1, 0.15) is 36.5 Å². The Morgan fingerprint density at radius 3 is 2.52 bits per heavy atom. The van der Waals surface area contributed by atoms with Crippen molar-refractivity contribution in [3.05, 3.63) is 63.9 Å². The van der Waals surface area contributed by atoms with Crippen LogP contribution in [-0.2, 0) is 16.1 Å². The predicted molar refractivity (Wildman–Crippen MR) is 112 cm³/mol. The highest BCUT2D eigenvalue weighted by molar-refractivity contribution is 6.32. The van der Waals surface area contributed by atoms with Crippen LogP contribution in [0.4, 0.5) is 4.39 Å². The van der Waals surface area contributed by atoms with E-state index in [4.69, 9.17) is 21.1 Å². The van der Waals surface area contributed by atoms with E-state index in [0.29, 0.717) is 23.9 Å². The van der Waals surface area contributed by atoms with E-state index in [2.05, 4.69) is 0 Å². The molecular formula is C23H27ClFNO3. The van der Waals surface area contributed by atoms with E-state index in [1.54, 1.807) is 24.0 Å². The minimum atomic E-state index is -0.670. The minimum absolute atomic E-state index is 0.0200. The van der Waals surface area contributed by atoms with E-state index in [0.717, 1.165) is 36.1 Å². The van der Waals surface area contributed by atoms with Crippen LogP contribution in [0.3, 0.4) is 0 Å². The molecule has 2 aromatic rings. The number of benzene rings is 2. The van der Waals surface area contributed by atoms with Crippen LogP contribution in [0.15, 0.2) is 36.4 Å². The van der Waals surface area contributed by atoms with E-state index >= 15 is 0 Å². The van der Waals surface area contributed by atoms with E-state index in [1.807, 2.05) is 26.0 Å². The molecule has 0 aromatic heterocycles. The van der Waals surface area contributed by atoms with Crippen LogP contribution in [0.5, 0.6) is 5.75 Å². The summed E-state index contributed by atoms with van der Waals surface area (Å²) < 4.78 is 24.9. The molecule has 4 nitrogen and oxygen atoms in total. The van der Waals surface area contributed by atoms with Gasteiger partial charge in [-0.1, -0.05) is 23.7 Å². The number of aryl methyl sites for hydroxylation is 2. The highest BCUT2D eigenvalue weighted by Gasteiger charge is 2.27. The molecule has 2 aromatic carbocycles. The SMILES string of the molecule is Cc1cc(OC(C)C(=O)N(Cc2ccc(F)cc2)CC2CCCO2)cc(C)c1Cl. The molecule has 1 aliphatic heterocycles. The molecule has 0 spiro atoms. The monoisotopic (exact) mass is 419 g/mol. The maximum atomic E-state index is 13.2.